The zero-order valence-corrected chi connectivity index (χ0v) is 18.6. The molecule has 1 fully saturated rings. The van der Waals surface area contributed by atoms with Crippen molar-refractivity contribution in [1.29, 1.82) is 0 Å². The van der Waals surface area contributed by atoms with Gasteiger partial charge in [-0.1, -0.05) is 36.8 Å². The van der Waals surface area contributed by atoms with Crippen LogP contribution < -0.4 is 10.2 Å². The maximum atomic E-state index is 12.9. The molecule has 1 aliphatic heterocycles. The van der Waals surface area contributed by atoms with Gasteiger partial charge in [0.25, 0.3) is 0 Å². The van der Waals surface area contributed by atoms with E-state index in [0.717, 1.165) is 23.5 Å². The second kappa shape index (κ2) is 9.03. The van der Waals surface area contributed by atoms with Gasteiger partial charge in [-0.05, 0) is 55.3 Å². The molecule has 1 aromatic heterocycles. The minimum Gasteiger partial charge on any atom is -0.352 e. The molecule has 4 rings (SSSR count). The Labute approximate surface area is 183 Å². The van der Waals surface area contributed by atoms with Crippen molar-refractivity contribution in [3.05, 3.63) is 71.8 Å². The van der Waals surface area contributed by atoms with Crippen LogP contribution in [0.4, 0.5) is 17.3 Å². The van der Waals surface area contributed by atoms with Gasteiger partial charge in [0.15, 0.2) is 11.6 Å². The standard InChI is InChI=1S/C23H27N5O2S/c1-3-19-6-10-21(11-7-19)31(29,30)28-16-14-27(15-17-28)23-13-12-22(25-26-23)24-20-8-4-18(2)5-9-20/h4-13H,3,14-17H2,1-2H3,(H,24,25). The molecule has 1 aliphatic rings. The Morgan fingerprint density at radius 1 is 0.871 bits per heavy atom. The summed E-state index contributed by atoms with van der Waals surface area (Å²) in [5.74, 6) is 1.42. The van der Waals surface area contributed by atoms with E-state index in [1.807, 2.05) is 55.5 Å². The molecule has 0 spiro atoms. The number of sulfonamides is 1. The fourth-order valence-corrected chi connectivity index (χ4v) is 4.97. The molecule has 0 amide bonds. The van der Waals surface area contributed by atoms with Gasteiger partial charge in [0.1, 0.15) is 0 Å². The third-order valence-electron chi connectivity index (χ3n) is 5.51. The molecule has 0 atom stereocenters. The van der Waals surface area contributed by atoms with Crippen LogP contribution >= 0.6 is 0 Å². The molecule has 31 heavy (non-hydrogen) atoms. The Bertz CT molecular complexity index is 1110. The van der Waals surface area contributed by atoms with Crippen LogP contribution in [0.25, 0.3) is 0 Å². The van der Waals surface area contributed by atoms with Crippen LogP contribution in [0, 0.1) is 6.92 Å². The van der Waals surface area contributed by atoms with Gasteiger partial charge in [0.05, 0.1) is 4.90 Å². The molecule has 0 radical (unpaired) electrons. The number of hydrogen-bond donors (Lipinski definition) is 1. The normalized spacial score (nSPS) is 15.1. The van der Waals surface area contributed by atoms with Gasteiger partial charge >= 0.3 is 0 Å². The number of piperazine rings is 1. The second-order valence-electron chi connectivity index (χ2n) is 7.66. The largest absolute Gasteiger partial charge is 0.352 e. The van der Waals surface area contributed by atoms with Gasteiger partial charge in [0, 0.05) is 31.9 Å². The van der Waals surface area contributed by atoms with E-state index in [2.05, 4.69) is 27.3 Å². The Morgan fingerprint density at radius 2 is 1.55 bits per heavy atom. The fourth-order valence-electron chi connectivity index (χ4n) is 3.55. The molecular formula is C23H27N5O2S. The molecule has 2 heterocycles. The molecule has 0 unspecified atom stereocenters. The highest BCUT2D eigenvalue weighted by atomic mass is 32.2. The molecule has 0 bridgehead atoms. The number of nitrogens with one attached hydrogen (secondary N) is 1. The van der Waals surface area contributed by atoms with Gasteiger partial charge in [-0.15, -0.1) is 10.2 Å². The molecule has 1 saturated heterocycles. The molecular weight excluding hydrogens is 410 g/mol. The summed E-state index contributed by atoms with van der Waals surface area (Å²) < 4.78 is 27.4. The Hall–Kier alpha value is -2.97. The zero-order chi connectivity index (χ0) is 21.8. The summed E-state index contributed by atoms with van der Waals surface area (Å²) in [6.45, 7) is 6.09. The molecule has 0 saturated carbocycles. The van der Waals surface area contributed by atoms with Crippen molar-refractivity contribution < 1.29 is 8.42 Å². The first-order valence-corrected chi connectivity index (χ1v) is 11.9. The van der Waals surface area contributed by atoms with Crippen LogP contribution in [0.15, 0.2) is 65.6 Å². The average Bonchev–Trinajstić information content (AvgIpc) is 2.81. The SMILES string of the molecule is CCc1ccc(S(=O)(=O)N2CCN(c3ccc(Nc4ccc(C)cc4)nn3)CC2)cc1. The summed E-state index contributed by atoms with van der Waals surface area (Å²) in [6.07, 6.45) is 0.888. The van der Waals surface area contributed by atoms with Crippen LogP contribution in [0.5, 0.6) is 0 Å². The first kappa shape index (κ1) is 21.3. The van der Waals surface area contributed by atoms with E-state index >= 15 is 0 Å². The van der Waals surface area contributed by atoms with Gasteiger partial charge in [-0.25, -0.2) is 8.42 Å². The predicted molar refractivity (Wildman–Crippen MR) is 123 cm³/mol. The van der Waals surface area contributed by atoms with E-state index in [1.54, 1.807) is 16.4 Å². The number of benzene rings is 2. The number of anilines is 3. The maximum absolute atomic E-state index is 12.9. The smallest absolute Gasteiger partial charge is 0.243 e. The van der Waals surface area contributed by atoms with Gasteiger partial charge in [-0.2, -0.15) is 4.31 Å². The quantitative estimate of drug-likeness (QED) is 0.635. The molecule has 8 heteroatoms. The second-order valence-corrected chi connectivity index (χ2v) is 9.59. The molecule has 0 aliphatic carbocycles. The Morgan fingerprint density at radius 3 is 2.13 bits per heavy atom. The van der Waals surface area contributed by atoms with Gasteiger partial charge in [0.2, 0.25) is 10.0 Å². The van der Waals surface area contributed by atoms with E-state index in [4.69, 9.17) is 0 Å². The van der Waals surface area contributed by atoms with E-state index in [0.29, 0.717) is 36.9 Å². The monoisotopic (exact) mass is 437 g/mol. The first-order chi connectivity index (χ1) is 15.0. The number of rotatable bonds is 6. The third-order valence-corrected chi connectivity index (χ3v) is 7.42. The van der Waals surface area contributed by atoms with E-state index in [-0.39, 0.29) is 0 Å². The number of nitrogens with zero attached hydrogens (tertiary/aromatic N) is 4. The fraction of sp³-hybridized carbons (Fsp3) is 0.304. The summed E-state index contributed by atoms with van der Waals surface area (Å²) in [7, 11) is -3.48. The minimum atomic E-state index is -3.48. The lowest BCUT2D eigenvalue weighted by atomic mass is 10.2. The molecule has 2 aromatic carbocycles. The molecule has 1 N–H and O–H groups in total. The van der Waals surface area contributed by atoms with Crippen LogP contribution in [0.3, 0.4) is 0 Å². The van der Waals surface area contributed by atoms with Crippen molar-refractivity contribution in [3.63, 3.8) is 0 Å². The zero-order valence-electron chi connectivity index (χ0n) is 17.8. The summed E-state index contributed by atoms with van der Waals surface area (Å²) >= 11 is 0. The summed E-state index contributed by atoms with van der Waals surface area (Å²) in [4.78, 5) is 2.42. The predicted octanol–water partition coefficient (Wildman–Crippen LogP) is 3.60. The van der Waals surface area contributed by atoms with Crippen molar-refractivity contribution >= 4 is 27.3 Å². The lowest BCUT2D eigenvalue weighted by Gasteiger charge is -2.34. The van der Waals surface area contributed by atoms with Gasteiger partial charge in [-0.3, -0.25) is 0 Å². The highest BCUT2D eigenvalue weighted by molar-refractivity contribution is 7.89. The minimum absolute atomic E-state index is 0.351. The number of aryl methyl sites for hydroxylation is 2. The lowest BCUT2D eigenvalue weighted by Crippen LogP contribution is -2.49. The lowest BCUT2D eigenvalue weighted by molar-refractivity contribution is 0.383. The third kappa shape index (κ3) is 4.86. The highest BCUT2D eigenvalue weighted by Gasteiger charge is 2.29. The van der Waals surface area contributed by atoms with Gasteiger partial charge < -0.3 is 10.2 Å². The molecule has 162 valence electrons. The Balaban J connectivity index is 1.37. The number of aromatic nitrogens is 2. The Kier molecular flexibility index (Phi) is 6.20. The van der Waals surface area contributed by atoms with Crippen molar-refractivity contribution in [2.24, 2.45) is 0 Å². The maximum Gasteiger partial charge on any atom is 0.243 e. The van der Waals surface area contributed by atoms with Crippen molar-refractivity contribution in [2.45, 2.75) is 25.2 Å². The van der Waals surface area contributed by atoms with E-state index in [9.17, 15) is 8.42 Å². The van der Waals surface area contributed by atoms with E-state index in [1.165, 1.54) is 5.56 Å². The summed E-state index contributed by atoms with van der Waals surface area (Å²) in [5.41, 5.74) is 3.28. The average molecular weight is 438 g/mol. The van der Waals surface area contributed by atoms with Crippen LogP contribution in [0.1, 0.15) is 18.1 Å². The van der Waals surface area contributed by atoms with Crippen molar-refractivity contribution in [2.75, 3.05) is 36.4 Å². The number of hydrogen-bond acceptors (Lipinski definition) is 6. The van der Waals surface area contributed by atoms with Crippen LogP contribution in [-0.4, -0.2) is 49.1 Å². The summed E-state index contributed by atoms with van der Waals surface area (Å²) in [5, 5.41) is 11.8. The topological polar surface area (TPSA) is 78.4 Å². The first-order valence-electron chi connectivity index (χ1n) is 10.5. The van der Waals surface area contributed by atoms with Crippen molar-refractivity contribution in [1.82, 2.24) is 14.5 Å². The van der Waals surface area contributed by atoms with Crippen molar-refractivity contribution in [3.8, 4) is 0 Å². The van der Waals surface area contributed by atoms with Crippen LogP contribution in [0.2, 0.25) is 0 Å². The van der Waals surface area contributed by atoms with E-state index < -0.39 is 10.0 Å². The molecule has 3 aromatic rings. The summed E-state index contributed by atoms with van der Waals surface area (Å²) in [6, 6.07) is 19.0. The molecule has 7 nitrogen and oxygen atoms in total. The highest BCUT2D eigenvalue weighted by Crippen LogP contribution is 2.21. The van der Waals surface area contributed by atoms with Crippen LogP contribution in [-0.2, 0) is 16.4 Å².